The Hall–Kier alpha value is -3.50. The highest BCUT2D eigenvalue weighted by atomic mass is 32.1. The summed E-state index contributed by atoms with van der Waals surface area (Å²) in [6.45, 7) is 0. The molecule has 0 aromatic carbocycles. The fourth-order valence-electron chi connectivity index (χ4n) is 5.23. The molecule has 0 bridgehead atoms. The fourth-order valence-corrected chi connectivity index (χ4v) is 13.2. The standard InChI is InChI=1S/C35H30O7S7/c1-36-17-10-24(44-16-17)31-19(38-3)12-26(46-31)33-21(40-5)14-28(48-33)35-23(42-7)15-29(49-35)34-22(41-6)13-27(47-34)32-20(39-4)11-25(45-32)30-18(37-2)8-9-43-30/h8-16H,1-7H3. The van der Waals surface area contributed by atoms with Gasteiger partial charge in [-0.25, -0.2) is 0 Å². The molecule has 0 saturated heterocycles. The van der Waals surface area contributed by atoms with Crippen molar-refractivity contribution in [2.24, 2.45) is 0 Å². The molecule has 14 heteroatoms. The zero-order valence-corrected chi connectivity index (χ0v) is 33.1. The molecule has 0 atom stereocenters. The second-order valence-electron chi connectivity index (χ2n) is 10.2. The van der Waals surface area contributed by atoms with E-state index in [1.165, 1.54) is 0 Å². The molecule has 0 amide bonds. The van der Waals surface area contributed by atoms with Crippen LogP contribution in [-0.4, -0.2) is 49.8 Å². The molecule has 0 spiro atoms. The molecule has 7 rings (SSSR count). The van der Waals surface area contributed by atoms with Gasteiger partial charge in [0.05, 0.1) is 108 Å². The fraction of sp³-hybridized carbons (Fsp3) is 0.200. The van der Waals surface area contributed by atoms with E-state index in [2.05, 4.69) is 30.3 Å². The molecular formula is C35H30O7S7. The van der Waals surface area contributed by atoms with Gasteiger partial charge in [0.15, 0.2) is 0 Å². The van der Waals surface area contributed by atoms with Crippen LogP contribution >= 0.6 is 79.4 Å². The van der Waals surface area contributed by atoms with Gasteiger partial charge in [-0.3, -0.25) is 0 Å². The summed E-state index contributed by atoms with van der Waals surface area (Å²) in [5.74, 6) is 5.73. The van der Waals surface area contributed by atoms with Gasteiger partial charge >= 0.3 is 0 Å². The van der Waals surface area contributed by atoms with E-state index in [1.807, 2.05) is 22.9 Å². The Labute approximate surface area is 312 Å². The smallest absolute Gasteiger partial charge is 0.138 e. The third-order valence-electron chi connectivity index (χ3n) is 7.59. The normalized spacial score (nSPS) is 11.2. The van der Waals surface area contributed by atoms with Crippen LogP contribution in [0.5, 0.6) is 40.2 Å². The van der Waals surface area contributed by atoms with E-state index < -0.39 is 0 Å². The molecule has 0 aliphatic carbocycles. The van der Waals surface area contributed by atoms with Crippen molar-refractivity contribution in [1.82, 2.24) is 0 Å². The van der Waals surface area contributed by atoms with Crippen molar-refractivity contribution in [3.8, 4) is 98.8 Å². The lowest BCUT2D eigenvalue weighted by molar-refractivity contribution is 0.416. The van der Waals surface area contributed by atoms with Crippen LogP contribution in [0, 0.1) is 0 Å². The second kappa shape index (κ2) is 14.4. The Kier molecular flexibility index (Phi) is 9.98. The largest absolute Gasteiger partial charge is 0.496 e. The molecule has 0 radical (unpaired) electrons. The minimum atomic E-state index is 0.795. The number of ether oxygens (including phenoxy) is 7. The van der Waals surface area contributed by atoms with Gasteiger partial charge in [-0.2, -0.15) is 0 Å². The lowest BCUT2D eigenvalue weighted by atomic mass is 10.2. The zero-order chi connectivity index (χ0) is 34.2. The molecule has 254 valence electrons. The molecule has 7 aromatic heterocycles. The first-order chi connectivity index (χ1) is 23.9. The Morgan fingerprint density at radius 1 is 0.347 bits per heavy atom. The number of rotatable bonds is 13. The van der Waals surface area contributed by atoms with E-state index in [0.29, 0.717) is 0 Å². The SMILES string of the molecule is COc1csc(-c2sc(-c3sc(-c4sc(-c5sc(-c6sc(-c7sccc7OC)cc6OC)cc5OC)cc4OC)cc3OC)cc2OC)c1. The van der Waals surface area contributed by atoms with Gasteiger partial charge in [-0.15, -0.1) is 79.4 Å². The van der Waals surface area contributed by atoms with Crippen LogP contribution in [0.25, 0.3) is 58.5 Å². The number of hydrogen-bond donors (Lipinski definition) is 0. The van der Waals surface area contributed by atoms with Crippen LogP contribution in [0.3, 0.4) is 0 Å². The van der Waals surface area contributed by atoms with E-state index in [9.17, 15) is 0 Å². The van der Waals surface area contributed by atoms with E-state index in [-0.39, 0.29) is 0 Å². The number of hydrogen-bond acceptors (Lipinski definition) is 14. The van der Waals surface area contributed by atoms with Gasteiger partial charge < -0.3 is 33.2 Å². The molecule has 0 aliphatic rings. The summed E-state index contributed by atoms with van der Waals surface area (Å²) in [7, 11) is 11.9. The molecule has 0 N–H and O–H groups in total. The topological polar surface area (TPSA) is 64.6 Å². The van der Waals surface area contributed by atoms with Crippen molar-refractivity contribution < 1.29 is 33.2 Å². The van der Waals surface area contributed by atoms with Gasteiger partial charge in [0.25, 0.3) is 0 Å². The average Bonchev–Trinajstić information content (AvgIpc) is 3.98. The first-order valence-electron chi connectivity index (χ1n) is 14.6. The van der Waals surface area contributed by atoms with Gasteiger partial charge in [0.1, 0.15) is 40.2 Å². The monoisotopic (exact) mass is 786 g/mol. The van der Waals surface area contributed by atoms with E-state index in [0.717, 1.165) is 98.8 Å². The first kappa shape index (κ1) is 34.0. The summed E-state index contributed by atoms with van der Waals surface area (Å²) >= 11 is 11.7. The summed E-state index contributed by atoms with van der Waals surface area (Å²) < 4.78 is 40.5. The van der Waals surface area contributed by atoms with Gasteiger partial charge in [0, 0.05) is 35.7 Å². The van der Waals surface area contributed by atoms with Crippen LogP contribution in [-0.2, 0) is 0 Å². The van der Waals surface area contributed by atoms with Crippen molar-refractivity contribution in [2.45, 2.75) is 0 Å². The summed E-state index contributed by atoms with van der Waals surface area (Å²) in [6.07, 6.45) is 0. The Morgan fingerprint density at radius 3 is 1.02 bits per heavy atom. The quantitative estimate of drug-likeness (QED) is 0.115. The average molecular weight is 787 g/mol. The van der Waals surface area contributed by atoms with Crippen molar-refractivity contribution >= 4 is 79.4 Å². The Morgan fingerprint density at radius 2 is 0.694 bits per heavy atom. The highest BCUT2D eigenvalue weighted by molar-refractivity contribution is 7.31. The summed E-state index contributed by atoms with van der Waals surface area (Å²) in [4.78, 5) is 12.7. The van der Waals surface area contributed by atoms with Crippen LogP contribution < -0.4 is 33.2 Å². The molecule has 7 nitrogen and oxygen atoms in total. The lowest BCUT2D eigenvalue weighted by Gasteiger charge is -1.98. The van der Waals surface area contributed by atoms with Gasteiger partial charge in [-0.1, -0.05) is 0 Å². The van der Waals surface area contributed by atoms with E-state index in [4.69, 9.17) is 33.2 Å². The highest BCUT2D eigenvalue weighted by Crippen LogP contribution is 2.57. The van der Waals surface area contributed by atoms with Crippen molar-refractivity contribution in [3.05, 3.63) is 53.2 Å². The number of thiophene rings is 7. The molecule has 0 saturated carbocycles. The zero-order valence-electron chi connectivity index (χ0n) is 27.4. The predicted molar refractivity (Wildman–Crippen MR) is 210 cm³/mol. The molecule has 49 heavy (non-hydrogen) atoms. The van der Waals surface area contributed by atoms with Crippen molar-refractivity contribution in [1.29, 1.82) is 0 Å². The van der Waals surface area contributed by atoms with Gasteiger partial charge in [-0.05, 0) is 17.5 Å². The maximum atomic E-state index is 5.95. The number of methoxy groups -OCH3 is 7. The third-order valence-corrected chi connectivity index (χ3v) is 16.1. The summed E-state index contributed by atoms with van der Waals surface area (Å²) in [5, 5.41) is 4.04. The molecule has 0 aliphatic heterocycles. The van der Waals surface area contributed by atoms with Crippen LogP contribution in [0.2, 0.25) is 0 Å². The summed E-state index contributed by atoms with van der Waals surface area (Å²) in [6, 6.07) is 14.5. The molecule has 0 fully saturated rings. The highest BCUT2D eigenvalue weighted by Gasteiger charge is 2.26. The maximum absolute atomic E-state index is 5.95. The van der Waals surface area contributed by atoms with Crippen molar-refractivity contribution in [2.75, 3.05) is 49.8 Å². The molecule has 7 heterocycles. The maximum Gasteiger partial charge on any atom is 0.138 e. The Balaban J connectivity index is 1.26. The molecule has 7 aromatic rings. The molecule has 0 unspecified atom stereocenters. The third kappa shape index (κ3) is 6.24. The van der Waals surface area contributed by atoms with Crippen LogP contribution in [0.1, 0.15) is 0 Å². The predicted octanol–water partition coefficient (Wildman–Crippen LogP) is 12.2. The van der Waals surface area contributed by atoms with Crippen LogP contribution in [0.4, 0.5) is 0 Å². The van der Waals surface area contributed by atoms with Gasteiger partial charge in [0.2, 0.25) is 0 Å². The van der Waals surface area contributed by atoms with E-state index in [1.54, 1.807) is 129 Å². The lowest BCUT2D eigenvalue weighted by Crippen LogP contribution is -1.81. The van der Waals surface area contributed by atoms with Crippen molar-refractivity contribution in [3.63, 3.8) is 0 Å². The van der Waals surface area contributed by atoms with Crippen LogP contribution in [0.15, 0.2) is 53.2 Å². The Bertz CT molecular complexity index is 2220. The van der Waals surface area contributed by atoms with E-state index >= 15 is 0 Å². The summed E-state index contributed by atoms with van der Waals surface area (Å²) in [5.41, 5.74) is 0. The first-order valence-corrected chi connectivity index (χ1v) is 20.4. The minimum Gasteiger partial charge on any atom is -0.496 e. The molecular weight excluding hydrogens is 757 g/mol. The minimum absolute atomic E-state index is 0.795. The second-order valence-corrected chi connectivity index (χ2v) is 17.3.